The number of rotatable bonds is 3. The van der Waals surface area contributed by atoms with Crippen LogP contribution in [0.4, 0.5) is 0 Å². The van der Waals surface area contributed by atoms with Crippen LogP contribution in [0.15, 0.2) is 34.2 Å². The Morgan fingerprint density at radius 3 is 2.44 bits per heavy atom. The maximum Gasteiger partial charge on any atom is 0.254 e. The molecule has 1 N–H and O–H groups in total. The molecule has 0 aliphatic heterocycles. The van der Waals surface area contributed by atoms with E-state index in [9.17, 15) is 4.79 Å². The van der Waals surface area contributed by atoms with Gasteiger partial charge in [0, 0.05) is 17.0 Å². The molecular weight excluding hydrogens is 244 g/mol. The summed E-state index contributed by atoms with van der Waals surface area (Å²) in [5, 5.41) is 0.684. The van der Waals surface area contributed by atoms with Crippen LogP contribution in [-0.2, 0) is 5.75 Å². The lowest BCUT2D eigenvalue weighted by atomic mass is 10.2. The number of hydrogen-bond donors (Lipinski definition) is 1. The van der Waals surface area contributed by atoms with Gasteiger partial charge in [-0.1, -0.05) is 41.6 Å². The smallest absolute Gasteiger partial charge is 0.254 e. The number of aryl methyl sites for hydroxylation is 2. The largest absolute Gasteiger partial charge is 0.301 e. The zero-order valence-corrected chi connectivity index (χ0v) is 11.6. The molecule has 1 heterocycles. The van der Waals surface area contributed by atoms with Crippen molar-refractivity contribution in [1.82, 2.24) is 9.97 Å². The minimum absolute atomic E-state index is 0.0473. The van der Waals surface area contributed by atoms with Crippen molar-refractivity contribution in [2.75, 3.05) is 0 Å². The van der Waals surface area contributed by atoms with Gasteiger partial charge in [0.05, 0.1) is 0 Å². The number of nitrogens with one attached hydrogen (secondary N) is 1. The van der Waals surface area contributed by atoms with E-state index in [1.165, 1.54) is 11.1 Å². The van der Waals surface area contributed by atoms with E-state index < -0.39 is 0 Å². The monoisotopic (exact) mass is 260 g/mol. The third kappa shape index (κ3) is 3.01. The molecule has 0 fully saturated rings. The van der Waals surface area contributed by atoms with Crippen LogP contribution in [-0.4, -0.2) is 9.97 Å². The second-order valence-electron chi connectivity index (χ2n) is 4.36. The van der Waals surface area contributed by atoms with Crippen molar-refractivity contribution >= 4 is 11.8 Å². The average molecular weight is 260 g/mol. The van der Waals surface area contributed by atoms with Gasteiger partial charge in [-0.3, -0.25) is 4.79 Å². The fourth-order valence-electron chi connectivity index (χ4n) is 1.52. The van der Waals surface area contributed by atoms with E-state index in [1.54, 1.807) is 18.7 Å². The predicted octanol–water partition coefficient (Wildman–Crippen LogP) is 2.99. The van der Waals surface area contributed by atoms with Gasteiger partial charge >= 0.3 is 0 Å². The number of thioether (sulfide) groups is 1. The molecule has 0 bridgehead atoms. The maximum atomic E-state index is 11.6. The molecule has 0 atom stereocenters. The van der Waals surface area contributed by atoms with Crippen molar-refractivity contribution in [1.29, 1.82) is 0 Å². The van der Waals surface area contributed by atoms with Crippen molar-refractivity contribution in [2.24, 2.45) is 0 Å². The molecule has 0 unspecified atom stereocenters. The van der Waals surface area contributed by atoms with E-state index in [4.69, 9.17) is 0 Å². The summed E-state index contributed by atoms with van der Waals surface area (Å²) in [5.41, 5.74) is 3.92. The van der Waals surface area contributed by atoms with Gasteiger partial charge in [0.1, 0.15) is 0 Å². The summed E-state index contributed by atoms with van der Waals surface area (Å²) in [6.07, 6.45) is 0. The van der Waals surface area contributed by atoms with Gasteiger partial charge in [0.15, 0.2) is 5.16 Å². The molecule has 1 aromatic carbocycles. The Kier molecular flexibility index (Phi) is 3.87. The molecule has 0 saturated heterocycles. The minimum Gasteiger partial charge on any atom is -0.301 e. The molecule has 1 aromatic heterocycles. The summed E-state index contributed by atoms with van der Waals surface area (Å²) in [7, 11) is 0. The van der Waals surface area contributed by atoms with Crippen molar-refractivity contribution in [3.63, 3.8) is 0 Å². The van der Waals surface area contributed by atoms with Crippen LogP contribution < -0.4 is 5.56 Å². The molecule has 0 aliphatic rings. The van der Waals surface area contributed by atoms with Gasteiger partial charge in [-0.05, 0) is 26.3 Å². The van der Waals surface area contributed by atoms with Crippen LogP contribution in [0.3, 0.4) is 0 Å². The van der Waals surface area contributed by atoms with Crippen LogP contribution in [0, 0.1) is 20.8 Å². The van der Waals surface area contributed by atoms with Gasteiger partial charge in [0.25, 0.3) is 5.56 Å². The number of aromatic nitrogens is 2. The van der Waals surface area contributed by atoms with Gasteiger partial charge < -0.3 is 4.98 Å². The Labute approximate surface area is 111 Å². The number of hydrogen-bond acceptors (Lipinski definition) is 3. The standard InChI is InChI=1S/C14H16N2OS/c1-9-4-6-12(7-5-9)8-18-14-15-11(3)10(2)13(17)16-14/h4-7H,8H2,1-3H3,(H,15,16,17). The predicted molar refractivity (Wildman–Crippen MR) is 75.1 cm³/mol. The van der Waals surface area contributed by atoms with Crippen molar-refractivity contribution in [2.45, 2.75) is 31.7 Å². The highest BCUT2D eigenvalue weighted by molar-refractivity contribution is 7.98. The number of aromatic amines is 1. The third-order valence-electron chi connectivity index (χ3n) is 2.87. The molecule has 0 spiro atoms. The Balaban J connectivity index is 2.11. The first-order valence-corrected chi connectivity index (χ1v) is 6.80. The summed E-state index contributed by atoms with van der Waals surface area (Å²) in [6.45, 7) is 5.72. The van der Waals surface area contributed by atoms with Crippen molar-refractivity contribution in [3.8, 4) is 0 Å². The lowest BCUT2D eigenvalue weighted by Gasteiger charge is -2.04. The molecule has 94 valence electrons. The zero-order valence-electron chi connectivity index (χ0n) is 10.8. The van der Waals surface area contributed by atoms with Crippen LogP contribution in [0.1, 0.15) is 22.4 Å². The summed E-state index contributed by atoms with van der Waals surface area (Å²) in [5.74, 6) is 0.811. The molecule has 0 radical (unpaired) electrons. The van der Waals surface area contributed by atoms with Crippen LogP contribution >= 0.6 is 11.8 Å². The Morgan fingerprint density at radius 2 is 1.83 bits per heavy atom. The lowest BCUT2D eigenvalue weighted by molar-refractivity contribution is 0.883. The molecule has 0 saturated carbocycles. The van der Waals surface area contributed by atoms with E-state index >= 15 is 0 Å². The van der Waals surface area contributed by atoms with Crippen LogP contribution in [0.5, 0.6) is 0 Å². The van der Waals surface area contributed by atoms with Crippen molar-refractivity contribution < 1.29 is 0 Å². The molecule has 2 rings (SSSR count). The molecule has 4 heteroatoms. The van der Waals surface area contributed by atoms with Gasteiger partial charge in [-0.15, -0.1) is 0 Å². The van der Waals surface area contributed by atoms with Gasteiger partial charge in [-0.2, -0.15) is 0 Å². The van der Waals surface area contributed by atoms with E-state index in [1.807, 2.05) is 6.92 Å². The second-order valence-corrected chi connectivity index (χ2v) is 5.32. The summed E-state index contributed by atoms with van der Waals surface area (Å²) < 4.78 is 0. The highest BCUT2D eigenvalue weighted by Crippen LogP contribution is 2.19. The van der Waals surface area contributed by atoms with E-state index in [2.05, 4.69) is 41.2 Å². The third-order valence-corrected chi connectivity index (χ3v) is 3.81. The molecule has 18 heavy (non-hydrogen) atoms. The highest BCUT2D eigenvalue weighted by atomic mass is 32.2. The van der Waals surface area contributed by atoms with Crippen molar-refractivity contribution in [3.05, 3.63) is 57.0 Å². The Morgan fingerprint density at radius 1 is 1.17 bits per heavy atom. The molecule has 2 aromatic rings. The SMILES string of the molecule is Cc1ccc(CSc2nc(C)c(C)c(=O)[nH]2)cc1. The first-order valence-electron chi connectivity index (χ1n) is 5.82. The van der Waals surface area contributed by atoms with E-state index in [0.717, 1.165) is 11.4 Å². The van der Waals surface area contributed by atoms with Crippen LogP contribution in [0.25, 0.3) is 0 Å². The van der Waals surface area contributed by atoms with E-state index in [-0.39, 0.29) is 5.56 Å². The summed E-state index contributed by atoms with van der Waals surface area (Å²) in [4.78, 5) is 18.8. The fourth-order valence-corrected chi connectivity index (χ4v) is 2.39. The van der Waals surface area contributed by atoms with Gasteiger partial charge in [-0.25, -0.2) is 4.98 Å². The highest BCUT2D eigenvalue weighted by Gasteiger charge is 2.04. The molecular formula is C14H16N2OS. The topological polar surface area (TPSA) is 45.8 Å². The average Bonchev–Trinajstić information content (AvgIpc) is 2.35. The quantitative estimate of drug-likeness (QED) is 0.681. The molecule has 3 nitrogen and oxygen atoms in total. The van der Waals surface area contributed by atoms with Gasteiger partial charge in [0.2, 0.25) is 0 Å². The normalized spacial score (nSPS) is 10.6. The first kappa shape index (κ1) is 12.9. The van der Waals surface area contributed by atoms with E-state index in [0.29, 0.717) is 10.7 Å². The lowest BCUT2D eigenvalue weighted by Crippen LogP contribution is -2.13. The zero-order chi connectivity index (χ0) is 13.1. The Hall–Kier alpha value is -1.55. The summed E-state index contributed by atoms with van der Waals surface area (Å²) >= 11 is 1.55. The number of nitrogens with zero attached hydrogens (tertiary/aromatic N) is 1. The maximum absolute atomic E-state index is 11.6. The number of H-pyrrole nitrogens is 1. The Bertz CT molecular complexity index is 602. The molecule has 0 aliphatic carbocycles. The number of benzene rings is 1. The minimum atomic E-state index is -0.0473. The second kappa shape index (κ2) is 5.40. The molecule has 0 amide bonds. The fraction of sp³-hybridized carbons (Fsp3) is 0.286. The first-order chi connectivity index (χ1) is 8.56. The summed E-state index contributed by atoms with van der Waals surface area (Å²) in [6, 6.07) is 8.38. The van der Waals surface area contributed by atoms with Crippen LogP contribution in [0.2, 0.25) is 0 Å².